The minimum Gasteiger partial charge on any atom is -0.329 e. The van der Waals surface area contributed by atoms with E-state index in [0.29, 0.717) is 0 Å². The van der Waals surface area contributed by atoms with Crippen molar-refractivity contribution in [2.75, 3.05) is 0 Å². The van der Waals surface area contributed by atoms with Gasteiger partial charge in [-0.1, -0.05) is 57.9 Å². The fourth-order valence-corrected chi connectivity index (χ4v) is 2.10. The number of nitrogens with one attached hydrogen (secondary N) is 1. The molecule has 1 aromatic heterocycles. The number of hydrogen-bond donors (Lipinski definition) is 1. The molecule has 0 saturated heterocycles. The summed E-state index contributed by atoms with van der Waals surface area (Å²) in [6.07, 6.45) is 13.1. The minimum atomic E-state index is 0.0791. The predicted octanol–water partition coefficient (Wildman–Crippen LogP) is 4.06. The fraction of sp³-hybridized carbons (Fsp3) is 0.667. The van der Waals surface area contributed by atoms with Gasteiger partial charge in [-0.15, -0.1) is 0 Å². The highest BCUT2D eigenvalue weighted by Crippen LogP contribution is 2.09. The number of aromatic amines is 1. The van der Waals surface area contributed by atoms with Crippen molar-refractivity contribution in [1.29, 1.82) is 0 Å². The number of rotatable bonds is 9. The van der Waals surface area contributed by atoms with E-state index in [1.54, 1.807) is 6.20 Å². The smallest absolute Gasteiger partial charge is 0.251 e. The summed E-state index contributed by atoms with van der Waals surface area (Å²) < 4.78 is 0. The van der Waals surface area contributed by atoms with Crippen LogP contribution in [-0.4, -0.2) is 4.98 Å². The SMILES string of the molecule is CCCCCCCCCCc1ccc[nH]c1=O. The van der Waals surface area contributed by atoms with Crippen molar-refractivity contribution in [2.24, 2.45) is 0 Å². The Morgan fingerprint density at radius 2 is 1.65 bits per heavy atom. The van der Waals surface area contributed by atoms with E-state index in [1.807, 2.05) is 12.1 Å². The van der Waals surface area contributed by atoms with Crippen molar-refractivity contribution < 1.29 is 0 Å². The molecule has 96 valence electrons. The average Bonchev–Trinajstić information content (AvgIpc) is 2.35. The molecule has 0 aliphatic rings. The highest BCUT2D eigenvalue weighted by molar-refractivity contribution is 5.08. The normalized spacial score (nSPS) is 10.6. The number of aryl methyl sites for hydroxylation is 1. The maximum Gasteiger partial charge on any atom is 0.251 e. The molecule has 0 unspecified atom stereocenters. The van der Waals surface area contributed by atoms with Crippen LogP contribution in [0.5, 0.6) is 0 Å². The molecule has 0 spiro atoms. The lowest BCUT2D eigenvalue weighted by Gasteiger charge is -2.01. The zero-order valence-corrected chi connectivity index (χ0v) is 11.0. The lowest BCUT2D eigenvalue weighted by molar-refractivity contribution is 0.575. The van der Waals surface area contributed by atoms with E-state index in [-0.39, 0.29) is 5.56 Å². The first-order chi connectivity index (χ1) is 8.34. The molecule has 0 saturated carbocycles. The highest BCUT2D eigenvalue weighted by Gasteiger charge is 1.97. The molecule has 2 heteroatoms. The molecular formula is C15H25NO. The zero-order valence-electron chi connectivity index (χ0n) is 11.0. The highest BCUT2D eigenvalue weighted by atomic mass is 16.1. The van der Waals surface area contributed by atoms with Gasteiger partial charge in [0.1, 0.15) is 0 Å². The first-order valence-corrected chi connectivity index (χ1v) is 7.01. The van der Waals surface area contributed by atoms with Crippen molar-refractivity contribution in [2.45, 2.75) is 64.7 Å². The molecule has 0 fully saturated rings. The Morgan fingerprint density at radius 1 is 1.00 bits per heavy atom. The van der Waals surface area contributed by atoms with Crippen LogP contribution in [0.1, 0.15) is 63.9 Å². The average molecular weight is 235 g/mol. The van der Waals surface area contributed by atoms with E-state index in [4.69, 9.17) is 0 Å². The Hall–Kier alpha value is -1.05. The van der Waals surface area contributed by atoms with E-state index >= 15 is 0 Å². The third kappa shape index (κ3) is 6.30. The summed E-state index contributed by atoms with van der Waals surface area (Å²) in [7, 11) is 0. The van der Waals surface area contributed by atoms with Crippen LogP contribution < -0.4 is 5.56 Å². The summed E-state index contributed by atoms with van der Waals surface area (Å²) in [5.74, 6) is 0. The maximum absolute atomic E-state index is 11.4. The van der Waals surface area contributed by atoms with Gasteiger partial charge in [-0.25, -0.2) is 0 Å². The molecule has 1 aromatic rings. The summed E-state index contributed by atoms with van der Waals surface area (Å²) in [6.45, 7) is 2.25. The fourth-order valence-electron chi connectivity index (χ4n) is 2.10. The molecule has 0 aliphatic heterocycles. The van der Waals surface area contributed by atoms with Crippen LogP contribution in [0.3, 0.4) is 0 Å². The van der Waals surface area contributed by atoms with Crippen LogP contribution in [0, 0.1) is 0 Å². The Balaban J connectivity index is 2.01. The topological polar surface area (TPSA) is 32.9 Å². The first kappa shape index (κ1) is 14.0. The predicted molar refractivity (Wildman–Crippen MR) is 73.4 cm³/mol. The van der Waals surface area contributed by atoms with Gasteiger partial charge in [-0.3, -0.25) is 4.79 Å². The van der Waals surface area contributed by atoms with Crippen molar-refractivity contribution >= 4 is 0 Å². The van der Waals surface area contributed by atoms with Gasteiger partial charge in [0.25, 0.3) is 5.56 Å². The molecular weight excluding hydrogens is 210 g/mol. The standard InChI is InChI=1S/C15H25NO/c1-2-3-4-5-6-7-8-9-11-14-12-10-13-16-15(14)17/h10,12-13H,2-9,11H2,1H3,(H,16,17). The number of H-pyrrole nitrogens is 1. The Kier molecular flexibility index (Phi) is 7.44. The number of unbranched alkanes of at least 4 members (excludes halogenated alkanes) is 7. The summed E-state index contributed by atoms with van der Waals surface area (Å²) in [5.41, 5.74) is 1.01. The number of pyridine rings is 1. The zero-order chi connectivity index (χ0) is 12.3. The van der Waals surface area contributed by atoms with Gasteiger partial charge < -0.3 is 4.98 Å². The van der Waals surface area contributed by atoms with E-state index < -0.39 is 0 Å². The second-order valence-electron chi connectivity index (χ2n) is 4.75. The Morgan fingerprint density at radius 3 is 2.29 bits per heavy atom. The molecule has 0 amide bonds. The molecule has 2 nitrogen and oxygen atoms in total. The van der Waals surface area contributed by atoms with E-state index in [9.17, 15) is 4.79 Å². The van der Waals surface area contributed by atoms with Gasteiger partial charge in [-0.2, -0.15) is 0 Å². The summed E-state index contributed by atoms with van der Waals surface area (Å²) in [4.78, 5) is 14.1. The molecule has 0 atom stereocenters. The Bertz CT molecular complexity index is 343. The molecule has 1 heterocycles. The molecule has 0 radical (unpaired) electrons. The van der Waals surface area contributed by atoms with Crippen LogP contribution >= 0.6 is 0 Å². The quantitative estimate of drug-likeness (QED) is 0.643. The molecule has 1 N–H and O–H groups in total. The van der Waals surface area contributed by atoms with Crippen LogP contribution in [-0.2, 0) is 6.42 Å². The second kappa shape index (κ2) is 9.03. The monoisotopic (exact) mass is 235 g/mol. The van der Waals surface area contributed by atoms with Gasteiger partial charge >= 0.3 is 0 Å². The molecule has 17 heavy (non-hydrogen) atoms. The van der Waals surface area contributed by atoms with Gasteiger partial charge in [0.15, 0.2) is 0 Å². The molecule has 0 aromatic carbocycles. The van der Waals surface area contributed by atoms with Crippen LogP contribution in [0.25, 0.3) is 0 Å². The molecule has 1 rings (SSSR count). The van der Waals surface area contributed by atoms with Crippen LogP contribution in [0.15, 0.2) is 23.1 Å². The third-order valence-corrected chi connectivity index (χ3v) is 3.20. The van der Waals surface area contributed by atoms with Crippen molar-refractivity contribution in [1.82, 2.24) is 4.98 Å². The van der Waals surface area contributed by atoms with Gasteiger partial charge in [0.05, 0.1) is 0 Å². The lowest BCUT2D eigenvalue weighted by Crippen LogP contribution is -2.10. The van der Waals surface area contributed by atoms with Gasteiger partial charge in [0, 0.05) is 11.8 Å². The van der Waals surface area contributed by atoms with Crippen molar-refractivity contribution in [3.05, 3.63) is 34.2 Å². The third-order valence-electron chi connectivity index (χ3n) is 3.20. The molecule has 0 aliphatic carbocycles. The van der Waals surface area contributed by atoms with Crippen molar-refractivity contribution in [3.8, 4) is 0 Å². The number of hydrogen-bond acceptors (Lipinski definition) is 1. The summed E-state index contributed by atoms with van der Waals surface area (Å²) in [6, 6.07) is 3.83. The van der Waals surface area contributed by atoms with E-state index in [0.717, 1.165) is 18.4 Å². The summed E-state index contributed by atoms with van der Waals surface area (Å²) >= 11 is 0. The Labute approximate surface area is 104 Å². The van der Waals surface area contributed by atoms with Crippen molar-refractivity contribution in [3.63, 3.8) is 0 Å². The lowest BCUT2D eigenvalue weighted by atomic mass is 10.1. The van der Waals surface area contributed by atoms with Gasteiger partial charge in [0.2, 0.25) is 0 Å². The maximum atomic E-state index is 11.4. The van der Waals surface area contributed by atoms with Gasteiger partial charge in [-0.05, 0) is 18.9 Å². The number of aromatic nitrogens is 1. The second-order valence-corrected chi connectivity index (χ2v) is 4.75. The van der Waals surface area contributed by atoms with Crippen LogP contribution in [0.4, 0.5) is 0 Å². The minimum absolute atomic E-state index is 0.0791. The first-order valence-electron chi connectivity index (χ1n) is 7.01. The largest absolute Gasteiger partial charge is 0.329 e. The summed E-state index contributed by atoms with van der Waals surface area (Å²) in [5, 5.41) is 0. The van der Waals surface area contributed by atoms with E-state index in [1.165, 1.54) is 44.9 Å². The van der Waals surface area contributed by atoms with Crippen LogP contribution in [0.2, 0.25) is 0 Å². The molecule has 0 bridgehead atoms. The van der Waals surface area contributed by atoms with E-state index in [2.05, 4.69) is 11.9 Å².